The number of thiocarbonyl (C=S) groups is 1. The molecular formula is C13H18N4OS2. The van der Waals surface area contributed by atoms with E-state index in [1.165, 1.54) is 11.8 Å². The van der Waals surface area contributed by atoms with Gasteiger partial charge in [-0.1, -0.05) is 24.0 Å². The molecule has 0 bridgehead atoms. The van der Waals surface area contributed by atoms with Crippen LogP contribution in [0.3, 0.4) is 0 Å². The summed E-state index contributed by atoms with van der Waals surface area (Å²) in [6, 6.07) is 3.49. The molecule has 0 atom stereocenters. The van der Waals surface area contributed by atoms with Crippen molar-refractivity contribution in [2.45, 2.75) is 0 Å². The van der Waals surface area contributed by atoms with Crippen molar-refractivity contribution in [2.24, 2.45) is 0 Å². The van der Waals surface area contributed by atoms with Gasteiger partial charge < -0.3 is 15.1 Å². The smallest absolute Gasteiger partial charge is 0.253 e. The Kier molecular flexibility index (Phi) is 5.75. The normalized spacial score (nSPS) is 15.9. The number of nitrogens with zero attached hydrogens (tertiary/aromatic N) is 3. The largest absolute Gasteiger partial charge is 0.355 e. The number of hydrogen-bond donors (Lipinski definition) is 1. The number of nitrogens with one attached hydrogen (secondary N) is 1. The van der Waals surface area contributed by atoms with E-state index in [2.05, 4.69) is 27.1 Å². The Morgan fingerprint density at radius 2 is 2.20 bits per heavy atom. The van der Waals surface area contributed by atoms with Crippen molar-refractivity contribution >= 4 is 34.2 Å². The lowest BCUT2D eigenvalue weighted by molar-refractivity contribution is 0.0960. The second-order valence-electron chi connectivity index (χ2n) is 4.59. The SMILES string of the molecule is CN1CCN(C(=S)SCNC(=O)c2cccnc2)CC1. The highest BCUT2D eigenvalue weighted by Crippen LogP contribution is 2.11. The topological polar surface area (TPSA) is 48.5 Å². The quantitative estimate of drug-likeness (QED) is 0.665. The van der Waals surface area contributed by atoms with Crippen LogP contribution in [0.2, 0.25) is 0 Å². The summed E-state index contributed by atoms with van der Waals surface area (Å²) in [5, 5.41) is 2.84. The highest BCUT2D eigenvalue weighted by molar-refractivity contribution is 8.22. The Bertz CT molecular complexity index is 461. The molecule has 2 heterocycles. The third kappa shape index (κ3) is 4.43. The lowest BCUT2D eigenvalue weighted by Crippen LogP contribution is -2.46. The predicted octanol–water partition coefficient (Wildman–Crippen LogP) is 1.03. The molecular weight excluding hydrogens is 292 g/mol. The van der Waals surface area contributed by atoms with Gasteiger partial charge in [0.25, 0.3) is 5.91 Å². The molecule has 0 aromatic carbocycles. The van der Waals surface area contributed by atoms with Crippen molar-refractivity contribution in [3.05, 3.63) is 30.1 Å². The molecule has 7 heteroatoms. The number of likely N-dealkylation sites (N-methyl/N-ethyl adjacent to an activating group) is 1. The second-order valence-corrected chi connectivity index (χ2v) is 6.20. The van der Waals surface area contributed by atoms with Gasteiger partial charge in [-0.3, -0.25) is 9.78 Å². The van der Waals surface area contributed by atoms with Crippen LogP contribution < -0.4 is 5.32 Å². The number of amides is 1. The van der Waals surface area contributed by atoms with Crippen molar-refractivity contribution in [1.29, 1.82) is 0 Å². The summed E-state index contributed by atoms with van der Waals surface area (Å²) >= 11 is 6.88. The minimum Gasteiger partial charge on any atom is -0.355 e. The predicted molar refractivity (Wildman–Crippen MR) is 85.8 cm³/mol. The van der Waals surface area contributed by atoms with E-state index in [0.717, 1.165) is 30.5 Å². The summed E-state index contributed by atoms with van der Waals surface area (Å²) in [6.45, 7) is 3.98. The first-order valence-corrected chi connectivity index (χ1v) is 7.84. The van der Waals surface area contributed by atoms with Gasteiger partial charge >= 0.3 is 0 Å². The molecule has 0 unspecified atom stereocenters. The zero-order chi connectivity index (χ0) is 14.4. The van der Waals surface area contributed by atoms with E-state index < -0.39 is 0 Å². The fourth-order valence-electron chi connectivity index (χ4n) is 1.84. The number of piperazine rings is 1. The first-order chi connectivity index (χ1) is 9.66. The van der Waals surface area contributed by atoms with Crippen molar-refractivity contribution in [3.8, 4) is 0 Å². The molecule has 1 aliphatic heterocycles. The van der Waals surface area contributed by atoms with E-state index in [9.17, 15) is 4.79 Å². The van der Waals surface area contributed by atoms with Crippen molar-refractivity contribution in [1.82, 2.24) is 20.1 Å². The number of aromatic nitrogens is 1. The van der Waals surface area contributed by atoms with Crippen LogP contribution in [0.5, 0.6) is 0 Å². The van der Waals surface area contributed by atoms with E-state index in [-0.39, 0.29) is 5.91 Å². The fourth-order valence-corrected chi connectivity index (χ4v) is 2.89. The minimum atomic E-state index is -0.119. The van der Waals surface area contributed by atoms with Gasteiger partial charge in [0.2, 0.25) is 0 Å². The molecule has 108 valence electrons. The molecule has 1 amide bonds. The van der Waals surface area contributed by atoms with Gasteiger partial charge in [-0.15, -0.1) is 0 Å². The van der Waals surface area contributed by atoms with Crippen LogP contribution in [0.25, 0.3) is 0 Å². The third-order valence-corrected chi connectivity index (χ3v) is 4.52. The maximum atomic E-state index is 11.8. The summed E-state index contributed by atoms with van der Waals surface area (Å²) in [5.41, 5.74) is 0.568. The summed E-state index contributed by atoms with van der Waals surface area (Å²) in [4.78, 5) is 20.2. The molecule has 1 saturated heterocycles. The fraction of sp³-hybridized carbons (Fsp3) is 0.462. The number of rotatable bonds is 3. The van der Waals surface area contributed by atoms with Crippen LogP contribution in [0.4, 0.5) is 0 Å². The van der Waals surface area contributed by atoms with E-state index in [1.54, 1.807) is 24.5 Å². The van der Waals surface area contributed by atoms with Crippen LogP contribution in [-0.2, 0) is 0 Å². The van der Waals surface area contributed by atoms with Crippen molar-refractivity contribution < 1.29 is 4.79 Å². The molecule has 1 aliphatic rings. The number of hydrogen-bond acceptors (Lipinski definition) is 5. The number of thioether (sulfide) groups is 1. The van der Waals surface area contributed by atoms with Gasteiger partial charge in [0.1, 0.15) is 4.32 Å². The number of pyridine rings is 1. The first-order valence-electron chi connectivity index (χ1n) is 6.45. The lowest BCUT2D eigenvalue weighted by atomic mass is 10.3. The molecule has 1 aromatic heterocycles. The first kappa shape index (κ1) is 15.2. The van der Waals surface area contributed by atoms with Gasteiger partial charge in [0.05, 0.1) is 11.4 Å². The zero-order valence-electron chi connectivity index (χ0n) is 11.4. The monoisotopic (exact) mass is 310 g/mol. The molecule has 1 aromatic rings. The third-order valence-electron chi connectivity index (χ3n) is 3.11. The number of carbonyl (C=O) groups excluding carboxylic acids is 1. The Hall–Kier alpha value is -1.18. The second kappa shape index (κ2) is 7.56. The molecule has 0 aliphatic carbocycles. The van der Waals surface area contributed by atoms with E-state index in [0.29, 0.717) is 11.4 Å². The molecule has 0 saturated carbocycles. The van der Waals surface area contributed by atoms with Crippen molar-refractivity contribution in [3.63, 3.8) is 0 Å². The Morgan fingerprint density at radius 3 is 2.85 bits per heavy atom. The summed E-state index contributed by atoms with van der Waals surface area (Å²) in [6.07, 6.45) is 3.20. The molecule has 0 radical (unpaired) electrons. The molecule has 5 nitrogen and oxygen atoms in total. The molecule has 1 N–H and O–H groups in total. The van der Waals surface area contributed by atoms with Crippen LogP contribution in [0, 0.1) is 0 Å². The molecule has 2 rings (SSSR count). The van der Waals surface area contributed by atoms with Gasteiger partial charge in [0.15, 0.2) is 0 Å². The molecule has 0 spiro atoms. The lowest BCUT2D eigenvalue weighted by Gasteiger charge is -2.33. The van der Waals surface area contributed by atoms with E-state index in [1.807, 2.05) is 0 Å². The Morgan fingerprint density at radius 1 is 1.45 bits per heavy atom. The van der Waals surface area contributed by atoms with E-state index >= 15 is 0 Å². The average molecular weight is 310 g/mol. The van der Waals surface area contributed by atoms with Gasteiger partial charge in [-0.25, -0.2) is 0 Å². The maximum Gasteiger partial charge on any atom is 0.253 e. The summed E-state index contributed by atoms with van der Waals surface area (Å²) in [7, 11) is 2.11. The highest BCUT2D eigenvalue weighted by Gasteiger charge is 2.16. The molecule has 20 heavy (non-hydrogen) atoms. The van der Waals surface area contributed by atoms with E-state index in [4.69, 9.17) is 12.2 Å². The summed E-state index contributed by atoms with van der Waals surface area (Å²) < 4.78 is 0.851. The molecule has 1 fully saturated rings. The maximum absolute atomic E-state index is 11.8. The standard InChI is InChI=1S/C13H18N4OS2/c1-16-5-7-17(8-6-16)13(19)20-10-15-12(18)11-3-2-4-14-9-11/h2-4,9H,5-8,10H2,1H3,(H,15,18). The Balaban J connectivity index is 1.70. The minimum absolute atomic E-state index is 0.119. The zero-order valence-corrected chi connectivity index (χ0v) is 13.0. The van der Waals surface area contributed by atoms with Crippen LogP contribution >= 0.6 is 24.0 Å². The Labute approximate surface area is 128 Å². The van der Waals surface area contributed by atoms with Crippen LogP contribution in [-0.4, -0.2) is 64.1 Å². The van der Waals surface area contributed by atoms with Crippen LogP contribution in [0.1, 0.15) is 10.4 Å². The summed E-state index contributed by atoms with van der Waals surface area (Å²) in [5.74, 6) is 0.366. The van der Waals surface area contributed by atoms with Gasteiger partial charge in [0, 0.05) is 38.6 Å². The van der Waals surface area contributed by atoms with Crippen molar-refractivity contribution in [2.75, 3.05) is 39.1 Å². The average Bonchev–Trinajstić information content (AvgIpc) is 2.48. The van der Waals surface area contributed by atoms with Gasteiger partial charge in [-0.05, 0) is 19.2 Å². The van der Waals surface area contributed by atoms with Crippen LogP contribution in [0.15, 0.2) is 24.5 Å². The highest BCUT2D eigenvalue weighted by atomic mass is 32.2. The van der Waals surface area contributed by atoms with Gasteiger partial charge in [-0.2, -0.15) is 0 Å². The number of carbonyl (C=O) groups is 1.